The van der Waals surface area contributed by atoms with Gasteiger partial charge >= 0.3 is 5.97 Å². The van der Waals surface area contributed by atoms with Gasteiger partial charge in [0.1, 0.15) is 0 Å². The van der Waals surface area contributed by atoms with Gasteiger partial charge in [-0.1, -0.05) is 0 Å². The number of carbonyl (C=O) groups is 1. The number of hydrogen-bond acceptors (Lipinski definition) is 2. The lowest BCUT2D eigenvalue weighted by Crippen LogP contribution is -2.14. The van der Waals surface area contributed by atoms with Crippen LogP contribution in [0.15, 0.2) is 0 Å². The first-order chi connectivity index (χ1) is 5.83. The van der Waals surface area contributed by atoms with Crippen molar-refractivity contribution < 1.29 is 9.53 Å². The van der Waals surface area contributed by atoms with Crippen molar-refractivity contribution in [2.45, 2.75) is 39.0 Å². The van der Waals surface area contributed by atoms with Gasteiger partial charge < -0.3 is 4.74 Å². The van der Waals surface area contributed by atoms with Crippen LogP contribution >= 0.6 is 0 Å². The summed E-state index contributed by atoms with van der Waals surface area (Å²) in [5, 5.41) is 0. The van der Waals surface area contributed by atoms with E-state index < -0.39 is 0 Å². The number of carbonyl (C=O) groups excluding carboxylic acids is 1. The fraction of sp³-hybridized carbons (Fsp3) is 0.800. The first-order valence-electron chi connectivity index (χ1n) is 4.80. The van der Waals surface area contributed by atoms with E-state index in [1.165, 1.54) is 25.7 Å². The van der Waals surface area contributed by atoms with Crippen LogP contribution in [0.25, 0.3) is 0 Å². The van der Waals surface area contributed by atoms with Crippen LogP contribution in [0.5, 0.6) is 0 Å². The Balaban J connectivity index is 2.15. The highest BCUT2D eigenvalue weighted by Crippen LogP contribution is 2.25. The molecular weight excluding hydrogens is 152 g/mol. The number of ether oxygens (including phenoxy) is 1. The molecule has 0 heterocycles. The molecule has 2 nitrogen and oxygen atoms in total. The van der Waals surface area contributed by atoms with E-state index in [0.29, 0.717) is 18.9 Å². The van der Waals surface area contributed by atoms with Crippen LogP contribution in [-0.4, -0.2) is 12.6 Å². The molecule has 0 unspecified atom stereocenters. The molecule has 0 aromatic rings. The molecule has 0 N–H and O–H groups in total. The maximum atomic E-state index is 11.1. The second-order valence-corrected chi connectivity index (χ2v) is 3.32. The topological polar surface area (TPSA) is 26.3 Å². The number of rotatable bonds is 3. The van der Waals surface area contributed by atoms with Gasteiger partial charge in [0.05, 0.1) is 6.61 Å². The molecule has 1 fully saturated rings. The lowest BCUT2D eigenvalue weighted by Gasteiger charge is -2.19. The van der Waals surface area contributed by atoms with E-state index in [1.54, 1.807) is 0 Å². The Hall–Kier alpha value is -0.530. The molecule has 0 atom stereocenters. The molecule has 0 aliphatic heterocycles. The molecule has 1 aliphatic rings. The molecule has 1 aliphatic carbocycles. The Bertz CT molecular complexity index is 137. The molecule has 0 saturated heterocycles. The van der Waals surface area contributed by atoms with Crippen LogP contribution in [0.2, 0.25) is 0 Å². The minimum atomic E-state index is -0.0237. The summed E-state index contributed by atoms with van der Waals surface area (Å²) in [4.78, 5) is 11.1. The molecule has 1 radical (unpaired) electrons. The van der Waals surface area contributed by atoms with Gasteiger partial charge in [0.15, 0.2) is 0 Å². The second kappa shape index (κ2) is 5.18. The fourth-order valence-electron chi connectivity index (χ4n) is 1.66. The van der Waals surface area contributed by atoms with Gasteiger partial charge in [-0.15, -0.1) is 0 Å². The standard InChI is InChI=1S/C10H17O2/c1-2-12-10(11)8-9-6-4-3-5-7-9/h3,9H,2,4-8H2,1H3. The first-order valence-corrected chi connectivity index (χ1v) is 4.80. The van der Waals surface area contributed by atoms with Crippen molar-refractivity contribution >= 4 is 5.97 Å². The van der Waals surface area contributed by atoms with E-state index >= 15 is 0 Å². The van der Waals surface area contributed by atoms with Crippen molar-refractivity contribution in [1.82, 2.24) is 0 Å². The second-order valence-electron chi connectivity index (χ2n) is 3.32. The summed E-state index contributed by atoms with van der Waals surface area (Å²) < 4.78 is 4.90. The summed E-state index contributed by atoms with van der Waals surface area (Å²) in [6, 6.07) is 0. The van der Waals surface area contributed by atoms with E-state index in [4.69, 9.17) is 4.74 Å². The molecule has 0 spiro atoms. The zero-order valence-electron chi connectivity index (χ0n) is 7.71. The molecule has 1 rings (SSSR count). The minimum absolute atomic E-state index is 0.0237. The molecule has 2 heteroatoms. The molecule has 0 aromatic carbocycles. The predicted octanol–water partition coefficient (Wildman–Crippen LogP) is 2.33. The zero-order valence-corrected chi connectivity index (χ0v) is 7.71. The average molecular weight is 169 g/mol. The van der Waals surface area contributed by atoms with E-state index in [2.05, 4.69) is 6.42 Å². The summed E-state index contributed by atoms with van der Waals surface area (Å²) in [6.45, 7) is 2.37. The monoisotopic (exact) mass is 169 g/mol. The normalized spacial score (nSPS) is 19.1. The summed E-state index contributed by atoms with van der Waals surface area (Å²) in [6.07, 6.45) is 7.61. The maximum Gasteiger partial charge on any atom is 0.306 e. The van der Waals surface area contributed by atoms with Crippen LogP contribution in [0.4, 0.5) is 0 Å². The van der Waals surface area contributed by atoms with Crippen molar-refractivity contribution in [2.24, 2.45) is 5.92 Å². The lowest BCUT2D eigenvalue weighted by atomic mass is 9.87. The summed E-state index contributed by atoms with van der Waals surface area (Å²) in [7, 11) is 0. The Morgan fingerprint density at radius 2 is 2.17 bits per heavy atom. The Morgan fingerprint density at radius 3 is 2.75 bits per heavy atom. The SMILES string of the molecule is CCOC(=O)CC1CC[CH]CC1. The smallest absolute Gasteiger partial charge is 0.306 e. The van der Waals surface area contributed by atoms with Gasteiger partial charge in [-0.3, -0.25) is 4.79 Å². The molecule has 1 saturated carbocycles. The van der Waals surface area contributed by atoms with E-state index in [-0.39, 0.29) is 5.97 Å². The largest absolute Gasteiger partial charge is 0.466 e. The van der Waals surface area contributed by atoms with Gasteiger partial charge in [-0.25, -0.2) is 0 Å². The quantitative estimate of drug-likeness (QED) is 0.606. The van der Waals surface area contributed by atoms with Crippen molar-refractivity contribution in [2.75, 3.05) is 6.61 Å². The number of hydrogen-bond donors (Lipinski definition) is 0. The average Bonchev–Trinajstić information content (AvgIpc) is 2.06. The Labute approximate surface area is 74.3 Å². The van der Waals surface area contributed by atoms with Crippen LogP contribution in [0.3, 0.4) is 0 Å². The van der Waals surface area contributed by atoms with Crippen molar-refractivity contribution in [3.8, 4) is 0 Å². The molecule has 0 amide bonds. The first kappa shape index (κ1) is 9.56. The summed E-state index contributed by atoms with van der Waals surface area (Å²) in [5.41, 5.74) is 0. The van der Waals surface area contributed by atoms with Crippen molar-refractivity contribution in [3.05, 3.63) is 6.42 Å². The Morgan fingerprint density at radius 1 is 1.50 bits per heavy atom. The van der Waals surface area contributed by atoms with Gasteiger partial charge in [0, 0.05) is 6.42 Å². The molecule has 0 bridgehead atoms. The highest BCUT2D eigenvalue weighted by Gasteiger charge is 2.17. The highest BCUT2D eigenvalue weighted by molar-refractivity contribution is 5.69. The lowest BCUT2D eigenvalue weighted by molar-refractivity contribution is -0.144. The number of esters is 1. The highest BCUT2D eigenvalue weighted by atomic mass is 16.5. The predicted molar refractivity (Wildman–Crippen MR) is 47.5 cm³/mol. The minimum Gasteiger partial charge on any atom is -0.466 e. The molecule has 69 valence electrons. The third kappa shape index (κ3) is 3.24. The van der Waals surface area contributed by atoms with Crippen molar-refractivity contribution in [3.63, 3.8) is 0 Å². The Kier molecular flexibility index (Phi) is 4.12. The molecule has 12 heavy (non-hydrogen) atoms. The van der Waals surface area contributed by atoms with E-state index in [1.807, 2.05) is 6.92 Å². The van der Waals surface area contributed by atoms with Gasteiger partial charge in [0.25, 0.3) is 0 Å². The maximum absolute atomic E-state index is 11.1. The van der Waals surface area contributed by atoms with Crippen LogP contribution in [-0.2, 0) is 9.53 Å². The summed E-state index contributed by atoms with van der Waals surface area (Å²) in [5.74, 6) is 0.554. The fourth-order valence-corrected chi connectivity index (χ4v) is 1.66. The van der Waals surface area contributed by atoms with E-state index in [0.717, 1.165) is 0 Å². The van der Waals surface area contributed by atoms with Gasteiger partial charge in [0.2, 0.25) is 0 Å². The van der Waals surface area contributed by atoms with Crippen LogP contribution in [0.1, 0.15) is 39.0 Å². The van der Waals surface area contributed by atoms with Gasteiger partial charge in [-0.05, 0) is 44.9 Å². The van der Waals surface area contributed by atoms with Crippen LogP contribution < -0.4 is 0 Å². The van der Waals surface area contributed by atoms with Crippen molar-refractivity contribution in [1.29, 1.82) is 0 Å². The summed E-state index contributed by atoms with van der Waals surface area (Å²) >= 11 is 0. The third-order valence-corrected chi connectivity index (χ3v) is 2.32. The zero-order chi connectivity index (χ0) is 8.81. The van der Waals surface area contributed by atoms with Crippen LogP contribution in [0, 0.1) is 12.3 Å². The van der Waals surface area contributed by atoms with E-state index in [9.17, 15) is 4.79 Å². The molecule has 0 aromatic heterocycles. The van der Waals surface area contributed by atoms with Gasteiger partial charge in [-0.2, -0.15) is 0 Å². The third-order valence-electron chi connectivity index (χ3n) is 2.32. The molecular formula is C10H17O2.